The van der Waals surface area contributed by atoms with Gasteiger partial charge in [0.25, 0.3) is 0 Å². The number of hydrogen-bond acceptors (Lipinski definition) is 2. The SMILES string of the molecule is FB(F)F.[CH2-]c1ccc([N+](=O)[O-])cc1.[K+]. The first kappa shape index (κ1) is 17.4. The van der Waals surface area contributed by atoms with E-state index in [2.05, 4.69) is 6.92 Å². The molecule has 0 bridgehead atoms. The predicted octanol–water partition coefficient (Wildman–Crippen LogP) is -0.339. The largest absolute Gasteiger partial charge is 1.00 e. The van der Waals surface area contributed by atoms with Gasteiger partial charge in [-0.2, -0.15) is 24.6 Å². The Morgan fingerprint density at radius 3 is 1.80 bits per heavy atom. The standard InChI is InChI=1S/C7H6NO2.BF3.K/c1-6-2-4-7(5-3-6)8(9)10;2-1(3)4;/h2-5H,1H2;;/q-1;;+1. The molecule has 15 heavy (non-hydrogen) atoms. The Morgan fingerprint density at radius 1 is 1.20 bits per heavy atom. The Labute approximate surface area is 128 Å². The van der Waals surface area contributed by atoms with Crippen LogP contribution in [0.5, 0.6) is 0 Å². The maximum absolute atomic E-state index is 10.1. The van der Waals surface area contributed by atoms with Crippen LogP contribution in [0.25, 0.3) is 0 Å². The number of benzene rings is 1. The fourth-order valence-corrected chi connectivity index (χ4v) is 0.618. The summed E-state index contributed by atoms with van der Waals surface area (Å²) in [5.41, 5.74) is 0.887. The third-order valence-corrected chi connectivity index (χ3v) is 1.15. The van der Waals surface area contributed by atoms with E-state index in [1.807, 2.05) is 0 Å². The summed E-state index contributed by atoms with van der Waals surface area (Å²) in [5.74, 6) is 0. The molecule has 0 spiro atoms. The minimum absolute atomic E-state index is 0. The Bertz CT molecular complexity index is 294. The first-order valence-electron chi connectivity index (χ1n) is 3.42. The Kier molecular flexibility index (Phi) is 10.7. The Hall–Kier alpha value is -0.0187. The van der Waals surface area contributed by atoms with E-state index >= 15 is 0 Å². The maximum Gasteiger partial charge on any atom is 1.00 e. The van der Waals surface area contributed by atoms with Crippen LogP contribution in [-0.4, -0.2) is 12.5 Å². The van der Waals surface area contributed by atoms with E-state index < -0.39 is 12.5 Å². The molecule has 76 valence electrons. The fourth-order valence-electron chi connectivity index (χ4n) is 0.618. The molecular formula is C7H6BF3KNO2. The third-order valence-electron chi connectivity index (χ3n) is 1.15. The van der Waals surface area contributed by atoms with Gasteiger partial charge in [-0.05, 0) is 12.1 Å². The van der Waals surface area contributed by atoms with Crippen LogP contribution in [0.2, 0.25) is 0 Å². The van der Waals surface area contributed by atoms with Crippen LogP contribution in [0, 0.1) is 17.0 Å². The van der Waals surface area contributed by atoms with Crippen molar-refractivity contribution in [2.24, 2.45) is 0 Å². The molecule has 0 atom stereocenters. The minimum atomic E-state index is -3.67. The summed E-state index contributed by atoms with van der Waals surface area (Å²) in [6.07, 6.45) is 0. The van der Waals surface area contributed by atoms with Gasteiger partial charge in [-0.15, -0.1) is 0 Å². The summed E-state index contributed by atoms with van der Waals surface area (Å²) in [7, 11) is -3.67. The summed E-state index contributed by atoms with van der Waals surface area (Å²) in [4.78, 5) is 9.67. The molecule has 0 aliphatic rings. The van der Waals surface area contributed by atoms with Gasteiger partial charge in [0.05, 0.1) is 4.92 Å². The monoisotopic (exact) mass is 243 g/mol. The van der Waals surface area contributed by atoms with Crippen LogP contribution < -0.4 is 51.4 Å². The average molecular weight is 243 g/mol. The van der Waals surface area contributed by atoms with Crippen molar-refractivity contribution >= 4 is 13.2 Å². The fraction of sp³-hybridized carbons (Fsp3) is 0. The van der Waals surface area contributed by atoms with Gasteiger partial charge in [0, 0.05) is 0 Å². The first-order chi connectivity index (χ1) is 6.43. The Morgan fingerprint density at radius 2 is 1.53 bits per heavy atom. The van der Waals surface area contributed by atoms with Gasteiger partial charge in [0.15, 0.2) is 0 Å². The van der Waals surface area contributed by atoms with E-state index in [1.54, 1.807) is 12.1 Å². The van der Waals surface area contributed by atoms with Gasteiger partial charge in [0.2, 0.25) is 5.69 Å². The molecule has 0 radical (unpaired) electrons. The Balaban J connectivity index is 0. The summed E-state index contributed by atoms with van der Waals surface area (Å²) >= 11 is 0. The summed E-state index contributed by atoms with van der Waals surface area (Å²) in [5, 5.41) is 10.1. The van der Waals surface area contributed by atoms with Gasteiger partial charge in [-0.25, -0.2) is 0 Å². The molecule has 0 aliphatic heterocycles. The molecule has 1 aromatic rings. The number of nitrogens with zero attached hydrogens (tertiary/aromatic N) is 1. The van der Waals surface area contributed by atoms with E-state index in [4.69, 9.17) is 0 Å². The van der Waals surface area contributed by atoms with Crippen molar-refractivity contribution in [3.63, 3.8) is 0 Å². The van der Waals surface area contributed by atoms with E-state index in [0.717, 1.165) is 5.56 Å². The van der Waals surface area contributed by atoms with Crippen LogP contribution >= 0.6 is 0 Å². The number of rotatable bonds is 1. The number of hydrogen-bond donors (Lipinski definition) is 0. The average Bonchev–Trinajstić information content (AvgIpc) is 2.03. The molecule has 0 saturated carbocycles. The molecule has 0 heterocycles. The van der Waals surface area contributed by atoms with E-state index in [-0.39, 0.29) is 57.1 Å². The molecule has 3 nitrogen and oxygen atoms in total. The van der Waals surface area contributed by atoms with Crippen LogP contribution in [-0.2, 0) is 0 Å². The van der Waals surface area contributed by atoms with Crippen LogP contribution in [0.1, 0.15) is 5.56 Å². The zero-order valence-corrected chi connectivity index (χ0v) is 11.1. The molecule has 0 amide bonds. The molecule has 1 rings (SSSR count). The van der Waals surface area contributed by atoms with Crippen molar-refractivity contribution in [3.8, 4) is 0 Å². The zero-order chi connectivity index (χ0) is 11.1. The van der Waals surface area contributed by atoms with Crippen molar-refractivity contribution in [3.05, 3.63) is 46.9 Å². The minimum Gasteiger partial charge on any atom is -0.258 e. The molecule has 8 heteroatoms. The molecular weight excluding hydrogens is 237 g/mol. The van der Waals surface area contributed by atoms with Gasteiger partial charge in [-0.3, -0.25) is 23.1 Å². The molecule has 0 unspecified atom stereocenters. The molecule has 0 aromatic heterocycles. The molecule has 0 N–H and O–H groups in total. The van der Waals surface area contributed by atoms with Gasteiger partial charge >= 0.3 is 58.9 Å². The van der Waals surface area contributed by atoms with Gasteiger partial charge in [0.1, 0.15) is 0 Å². The predicted molar refractivity (Wildman–Crippen MR) is 46.6 cm³/mol. The summed E-state index contributed by atoms with van der Waals surface area (Å²) < 4.78 is 29.0. The topological polar surface area (TPSA) is 43.1 Å². The van der Waals surface area contributed by atoms with Crippen molar-refractivity contribution < 1.29 is 69.3 Å². The third kappa shape index (κ3) is 10.3. The summed E-state index contributed by atoms with van der Waals surface area (Å²) in [6, 6.07) is 6.08. The molecule has 1 aromatic carbocycles. The number of nitro groups is 1. The number of nitro benzene ring substituents is 1. The van der Waals surface area contributed by atoms with Crippen LogP contribution in [0.4, 0.5) is 18.6 Å². The van der Waals surface area contributed by atoms with Crippen LogP contribution in [0.3, 0.4) is 0 Å². The number of halogens is 3. The molecule has 0 fully saturated rings. The normalized spacial score (nSPS) is 7.93. The first-order valence-corrected chi connectivity index (χ1v) is 3.42. The van der Waals surface area contributed by atoms with Gasteiger partial charge < -0.3 is 0 Å². The number of non-ortho nitro benzene ring substituents is 1. The van der Waals surface area contributed by atoms with Crippen molar-refractivity contribution in [1.82, 2.24) is 0 Å². The van der Waals surface area contributed by atoms with Crippen molar-refractivity contribution in [2.45, 2.75) is 0 Å². The second-order valence-corrected chi connectivity index (χ2v) is 2.17. The maximum atomic E-state index is 10.1. The quantitative estimate of drug-likeness (QED) is 0.293. The van der Waals surface area contributed by atoms with Gasteiger partial charge in [-0.1, -0.05) is 0 Å². The molecule has 0 saturated heterocycles. The second kappa shape index (κ2) is 9.22. The zero-order valence-electron chi connectivity index (χ0n) is 7.99. The van der Waals surface area contributed by atoms with E-state index in [1.165, 1.54) is 12.1 Å². The molecule has 0 aliphatic carbocycles. The van der Waals surface area contributed by atoms with Crippen molar-refractivity contribution in [1.29, 1.82) is 0 Å². The van der Waals surface area contributed by atoms with Crippen LogP contribution in [0.15, 0.2) is 24.3 Å². The van der Waals surface area contributed by atoms with E-state index in [9.17, 15) is 23.1 Å². The smallest absolute Gasteiger partial charge is 0.258 e. The summed E-state index contributed by atoms with van der Waals surface area (Å²) in [6.45, 7) is 3.60. The second-order valence-electron chi connectivity index (χ2n) is 2.17. The van der Waals surface area contributed by atoms with E-state index in [0.29, 0.717) is 0 Å². The van der Waals surface area contributed by atoms with Crippen molar-refractivity contribution in [2.75, 3.05) is 0 Å².